The minimum absolute atomic E-state index is 0.0100. The molecule has 1 aliphatic carbocycles. The van der Waals surface area contributed by atoms with E-state index in [1.807, 2.05) is 19.1 Å². The third kappa shape index (κ3) is 2.35. The predicted octanol–water partition coefficient (Wildman–Crippen LogP) is 2.11. The van der Waals surface area contributed by atoms with Crippen LogP contribution >= 0.6 is 0 Å². The van der Waals surface area contributed by atoms with E-state index in [-0.39, 0.29) is 11.9 Å². The maximum atomic E-state index is 12.0. The lowest BCUT2D eigenvalue weighted by Crippen LogP contribution is -2.34. The average Bonchev–Trinajstić information content (AvgIpc) is 3.04. The van der Waals surface area contributed by atoms with E-state index < -0.39 is 0 Å². The van der Waals surface area contributed by atoms with Gasteiger partial charge in [-0.1, -0.05) is 6.07 Å². The number of hydrogen-bond donors (Lipinski definition) is 2. The molecule has 1 atom stereocenters. The lowest BCUT2D eigenvalue weighted by Gasteiger charge is -2.14. The van der Waals surface area contributed by atoms with Crippen LogP contribution in [0.5, 0.6) is 0 Å². The summed E-state index contributed by atoms with van der Waals surface area (Å²) in [5, 5.41) is 3.03. The molecule has 1 saturated carbocycles. The zero-order chi connectivity index (χ0) is 11.7. The van der Waals surface area contributed by atoms with Gasteiger partial charge in [-0.25, -0.2) is 0 Å². The van der Waals surface area contributed by atoms with Crippen LogP contribution in [0.3, 0.4) is 0 Å². The first kappa shape index (κ1) is 11.0. The summed E-state index contributed by atoms with van der Waals surface area (Å²) in [6.07, 6.45) is 2.47. The quantitative estimate of drug-likeness (QED) is 0.763. The number of aryl methyl sites for hydroxylation is 1. The first-order chi connectivity index (χ1) is 7.58. The highest BCUT2D eigenvalue weighted by Gasteiger charge is 2.29. The van der Waals surface area contributed by atoms with Gasteiger partial charge >= 0.3 is 0 Å². The molecule has 1 aliphatic rings. The van der Waals surface area contributed by atoms with Gasteiger partial charge in [0, 0.05) is 17.3 Å². The number of benzene rings is 1. The van der Waals surface area contributed by atoms with Gasteiger partial charge < -0.3 is 11.1 Å². The molecule has 0 aliphatic heterocycles. The number of carbonyl (C=O) groups excluding carboxylic acids is 1. The molecular formula is C13H18N2O. The van der Waals surface area contributed by atoms with E-state index in [2.05, 4.69) is 12.2 Å². The van der Waals surface area contributed by atoms with Crippen LogP contribution < -0.4 is 11.1 Å². The number of hydrogen-bond acceptors (Lipinski definition) is 2. The van der Waals surface area contributed by atoms with Crippen LogP contribution in [0.4, 0.5) is 5.69 Å². The summed E-state index contributed by atoms with van der Waals surface area (Å²) >= 11 is 0. The van der Waals surface area contributed by atoms with Crippen molar-refractivity contribution in [2.75, 3.05) is 5.73 Å². The van der Waals surface area contributed by atoms with Crippen LogP contribution in [-0.2, 0) is 0 Å². The normalized spacial score (nSPS) is 16.9. The summed E-state index contributed by atoms with van der Waals surface area (Å²) in [6.45, 7) is 3.99. The van der Waals surface area contributed by atoms with Gasteiger partial charge in [0.2, 0.25) is 0 Å². The third-order valence-corrected chi connectivity index (χ3v) is 3.19. The molecular weight excluding hydrogens is 200 g/mol. The minimum atomic E-state index is -0.0100. The van der Waals surface area contributed by atoms with Crippen LogP contribution in [0, 0.1) is 12.8 Å². The van der Waals surface area contributed by atoms with Crippen molar-refractivity contribution < 1.29 is 4.79 Å². The minimum Gasteiger partial charge on any atom is -0.399 e. The number of amides is 1. The van der Waals surface area contributed by atoms with Crippen molar-refractivity contribution in [2.45, 2.75) is 32.7 Å². The first-order valence-electron chi connectivity index (χ1n) is 5.75. The summed E-state index contributed by atoms with van der Waals surface area (Å²) < 4.78 is 0. The summed E-state index contributed by atoms with van der Waals surface area (Å²) in [7, 11) is 0. The highest BCUT2D eigenvalue weighted by molar-refractivity contribution is 5.96. The monoisotopic (exact) mass is 218 g/mol. The largest absolute Gasteiger partial charge is 0.399 e. The number of nitrogens with two attached hydrogens (primary N) is 1. The summed E-state index contributed by atoms with van der Waals surface area (Å²) in [5.41, 5.74) is 7.98. The lowest BCUT2D eigenvalue weighted by atomic mass is 10.1. The summed E-state index contributed by atoms with van der Waals surface area (Å²) in [5.74, 6) is 0.662. The van der Waals surface area contributed by atoms with Gasteiger partial charge in [-0.15, -0.1) is 0 Å². The molecule has 1 aromatic carbocycles. The zero-order valence-corrected chi connectivity index (χ0v) is 9.79. The number of nitrogens with one attached hydrogen (secondary N) is 1. The number of rotatable bonds is 3. The fraction of sp³-hybridized carbons (Fsp3) is 0.462. The van der Waals surface area contributed by atoms with Gasteiger partial charge in [0.15, 0.2) is 0 Å². The van der Waals surface area contributed by atoms with Gasteiger partial charge in [0.25, 0.3) is 5.91 Å². The van der Waals surface area contributed by atoms with E-state index >= 15 is 0 Å². The second-order valence-electron chi connectivity index (χ2n) is 4.67. The van der Waals surface area contributed by atoms with E-state index in [0.29, 0.717) is 17.2 Å². The van der Waals surface area contributed by atoms with Crippen LogP contribution in [0.25, 0.3) is 0 Å². The van der Waals surface area contributed by atoms with Crippen molar-refractivity contribution in [1.82, 2.24) is 5.32 Å². The fourth-order valence-electron chi connectivity index (χ4n) is 1.88. The SMILES string of the molecule is Cc1ccc(N)cc1C(=O)NC(C)C1CC1. The fourth-order valence-corrected chi connectivity index (χ4v) is 1.88. The van der Waals surface area contributed by atoms with Crippen LogP contribution in [0.15, 0.2) is 18.2 Å². The number of carbonyl (C=O) groups is 1. The Labute approximate surface area is 96.0 Å². The van der Waals surface area contributed by atoms with Gasteiger partial charge in [-0.3, -0.25) is 4.79 Å². The Bertz CT molecular complexity index is 410. The standard InChI is InChI=1S/C13H18N2O/c1-8-3-6-11(14)7-12(8)13(16)15-9(2)10-4-5-10/h3,6-7,9-10H,4-5,14H2,1-2H3,(H,15,16). The van der Waals surface area contributed by atoms with Crippen molar-refractivity contribution in [3.8, 4) is 0 Å². The number of anilines is 1. The van der Waals surface area contributed by atoms with E-state index in [0.717, 1.165) is 5.56 Å². The second kappa shape index (κ2) is 4.16. The van der Waals surface area contributed by atoms with Crippen molar-refractivity contribution in [3.05, 3.63) is 29.3 Å². The molecule has 1 amide bonds. The van der Waals surface area contributed by atoms with E-state index in [1.165, 1.54) is 12.8 Å². The molecule has 0 radical (unpaired) electrons. The van der Waals surface area contributed by atoms with Gasteiger partial charge in [-0.05, 0) is 50.3 Å². The maximum absolute atomic E-state index is 12.0. The van der Waals surface area contributed by atoms with E-state index in [4.69, 9.17) is 5.73 Å². The molecule has 3 heteroatoms. The van der Waals surface area contributed by atoms with Crippen molar-refractivity contribution in [3.63, 3.8) is 0 Å². The topological polar surface area (TPSA) is 55.1 Å². The maximum Gasteiger partial charge on any atom is 0.251 e. The zero-order valence-electron chi connectivity index (χ0n) is 9.79. The molecule has 0 heterocycles. The molecule has 0 saturated heterocycles. The smallest absolute Gasteiger partial charge is 0.251 e. The predicted molar refractivity (Wildman–Crippen MR) is 65.2 cm³/mol. The Morgan fingerprint density at radius 1 is 1.50 bits per heavy atom. The molecule has 1 fully saturated rings. The van der Waals surface area contributed by atoms with Crippen LogP contribution in [-0.4, -0.2) is 11.9 Å². The van der Waals surface area contributed by atoms with Crippen LogP contribution in [0.2, 0.25) is 0 Å². The molecule has 3 N–H and O–H groups in total. The Hall–Kier alpha value is -1.51. The second-order valence-corrected chi connectivity index (χ2v) is 4.67. The first-order valence-corrected chi connectivity index (χ1v) is 5.75. The number of nitrogen functional groups attached to an aromatic ring is 1. The summed E-state index contributed by atoms with van der Waals surface area (Å²) in [4.78, 5) is 12.0. The van der Waals surface area contributed by atoms with E-state index in [9.17, 15) is 4.79 Å². The Balaban J connectivity index is 2.10. The van der Waals surface area contributed by atoms with E-state index in [1.54, 1.807) is 6.07 Å². The molecule has 1 unspecified atom stereocenters. The van der Waals surface area contributed by atoms with Crippen molar-refractivity contribution >= 4 is 11.6 Å². The molecule has 0 aromatic heterocycles. The highest BCUT2D eigenvalue weighted by atomic mass is 16.1. The van der Waals surface area contributed by atoms with Gasteiger partial charge in [-0.2, -0.15) is 0 Å². The average molecular weight is 218 g/mol. The summed E-state index contributed by atoms with van der Waals surface area (Å²) in [6, 6.07) is 5.71. The molecule has 2 rings (SSSR count). The molecule has 0 bridgehead atoms. The third-order valence-electron chi connectivity index (χ3n) is 3.19. The van der Waals surface area contributed by atoms with Gasteiger partial charge in [0.1, 0.15) is 0 Å². The molecule has 16 heavy (non-hydrogen) atoms. The molecule has 3 nitrogen and oxygen atoms in total. The molecule has 0 spiro atoms. The Kier molecular flexibility index (Phi) is 2.86. The Morgan fingerprint density at radius 3 is 2.81 bits per heavy atom. The highest BCUT2D eigenvalue weighted by Crippen LogP contribution is 2.32. The van der Waals surface area contributed by atoms with Gasteiger partial charge in [0.05, 0.1) is 0 Å². The Morgan fingerprint density at radius 2 is 2.19 bits per heavy atom. The lowest BCUT2D eigenvalue weighted by molar-refractivity contribution is 0.0935. The van der Waals surface area contributed by atoms with Crippen molar-refractivity contribution in [2.24, 2.45) is 5.92 Å². The van der Waals surface area contributed by atoms with Crippen LogP contribution in [0.1, 0.15) is 35.7 Å². The van der Waals surface area contributed by atoms with Crippen molar-refractivity contribution in [1.29, 1.82) is 0 Å². The molecule has 86 valence electrons. The molecule has 1 aromatic rings.